The maximum absolute atomic E-state index is 6.07. The van der Waals surface area contributed by atoms with Gasteiger partial charge in [0.05, 0.1) is 23.8 Å². The number of aromatic nitrogens is 4. The van der Waals surface area contributed by atoms with Crippen molar-refractivity contribution < 1.29 is 4.74 Å². The van der Waals surface area contributed by atoms with Gasteiger partial charge in [-0.1, -0.05) is 60.1 Å². The third-order valence-corrected chi connectivity index (χ3v) is 6.21. The van der Waals surface area contributed by atoms with E-state index in [9.17, 15) is 0 Å². The Morgan fingerprint density at radius 2 is 1.60 bits per heavy atom. The summed E-state index contributed by atoms with van der Waals surface area (Å²) in [5.41, 5.74) is 5.43. The predicted octanol–water partition coefficient (Wildman–Crippen LogP) is 7.04. The number of imidazole rings is 1. The largest absolute Gasteiger partial charge is 0.495 e. The van der Waals surface area contributed by atoms with Crippen LogP contribution in [-0.2, 0) is 0 Å². The fourth-order valence-corrected chi connectivity index (χ4v) is 4.39. The SMILES string of the molecule is COc1ccccc1-n1cnc2cc(Nc3nnc(-c4ccc(Cl)cc4)c4ccccc34)ccc21. The van der Waals surface area contributed by atoms with Gasteiger partial charge in [0.2, 0.25) is 0 Å². The van der Waals surface area contributed by atoms with Crippen LogP contribution in [0.5, 0.6) is 5.75 Å². The van der Waals surface area contributed by atoms with Gasteiger partial charge in [0.1, 0.15) is 17.8 Å². The summed E-state index contributed by atoms with van der Waals surface area (Å²) >= 11 is 6.07. The molecule has 35 heavy (non-hydrogen) atoms. The first-order chi connectivity index (χ1) is 17.2. The van der Waals surface area contributed by atoms with Crippen LogP contribution in [0.15, 0.2) is 97.3 Å². The predicted molar refractivity (Wildman–Crippen MR) is 141 cm³/mol. The van der Waals surface area contributed by atoms with E-state index in [0.29, 0.717) is 10.8 Å². The summed E-state index contributed by atoms with van der Waals surface area (Å²) in [4.78, 5) is 4.62. The van der Waals surface area contributed by atoms with Crippen LogP contribution in [0.4, 0.5) is 11.5 Å². The van der Waals surface area contributed by atoms with Gasteiger partial charge in [0, 0.05) is 27.0 Å². The fraction of sp³-hybridized carbons (Fsp3) is 0.0357. The first-order valence-electron chi connectivity index (χ1n) is 11.1. The molecule has 0 amide bonds. The molecule has 6 nitrogen and oxygen atoms in total. The van der Waals surface area contributed by atoms with Crippen LogP contribution in [0.3, 0.4) is 0 Å². The van der Waals surface area contributed by atoms with Crippen LogP contribution < -0.4 is 10.1 Å². The number of halogens is 1. The number of rotatable bonds is 5. The lowest BCUT2D eigenvalue weighted by atomic mass is 10.0. The van der Waals surface area contributed by atoms with E-state index in [-0.39, 0.29) is 0 Å². The van der Waals surface area contributed by atoms with Gasteiger partial charge in [-0.25, -0.2) is 4.98 Å². The molecule has 0 bridgehead atoms. The number of methoxy groups -OCH3 is 1. The molecule has 7 heteroatoms. The Labute approximate surface area is 206 Å². The molecule has 0 saturated heterocycles. The van der Waals surface area contributed by atoms with Gasteiger partial charge >= 0.3 is 0 Å². The minimum absolute atomic E-state index is 0.682. The number of ether oxygens (including phenoxy) is 1. The fourth-order valence-electron chi connectivity index (χ4n) is 4.27. The maximum Gasteiger partial charge on any atom is 0.161 e. The number of nitrogens with zero attached hydrogens (tertiary/aromatic N) is 4. The Hall–Kier alpha value is -4.42. The van der Waals surface area contributed by atoms with E-state index < -0.39 is 0 Å². The molecule has 0 aliphatic rings. The second-order valence-electron chi connectivity index (χ2n) is 8.06. The molecule has 0 atom stereocenters. The summed E-state index contributed by atoms with van der Waals surface area (Å²) < 4.78 is 7.55. The van der Waals surface area contributed by atoms with Crippen LogP contribution in [0.25, 0.3) is 38.8 Å². The van der Waals surface area contributed by atoms with Crippen molar-refractivity contribution >= 4 is 44.9 Å². The van der Waals surface area contributed by atoms with Crippen molar-refractivity contribution in [3.63, 3.8) is 0 Å². The highest BCUT2D eigenvalue weighted by atomic mass is 35.5. The molecular weight excluding hydrogens is 458 g/mol. The molecule has 0 fully saturated rings. The smallest absolute Gasteiger partial charge is 0.161 e. The third-order valence-electron chi connectivity index (χ3n) is 5.96. The Bertz CT molecular complexity index is 1680. The lowest BCUT2D eigenvalue weighted by Gasteiger charge is -2.12. The Morgan fingerprint density at radius 1 is 0.829 bits per heavy atom. The number of benzene rings is 4. The zero-order valence-corrected chi connectivity index (χ0v) is 19.6. The molecule has 6 rings (SSSR count). The minimum Gasteiger partial charge on any atom is -0.495 e. The Morgan fingerprint density at radius 3 is 2.43 bits per heavy atom. The van der Waals surface area contributed by atoms with Crippen molar-refractivity contribution in [2.24, 2.45) is 0 Å². The van der Waals surface area contributed by atoms with Crippen molar-refractivity contribution in [1.29, 1.82) is 0 Å². The first-order valence-corrected chi connectivity index (χ1v) is 11.5. The number of fused-ring (bicyclic) bond motifs is 2. The van der Waals surface area contributed by atoms with E-state index in [1.165, 1.54) is 0 Å². The lowest BCUT2D eigenvalue weighted by Crippen LogP contribution is -1.99. The summed E-state index contributed by atoms with van der Waals surface area (Å²) in [6.07, 6.45) is 1.81. The van der Waals surface area contributed by atoms with Gasteiger partial charge in [-0.3, -0.25) is 4.57 Å². The number of hydrogen-bond acceptors (Lipinski definition) is 5. The number of para-hydroxylation sites is 2. The average Bonchev–Trinajstić information content (AvgIpc) is 3.32. The molecule has 1 N–H and O–H groups in total. The van der Waals surface area contributed by atoms with Gasteiger partial charge < -0.3 is 10.1 Å². The van der Waals surface area contributed by atoms with Crippen LogP contribution in [0.2, 0.25) is 5.02 Å². The lowest BCUT2D eigenvalue weighted by molar-refractivity contribution is 0.413. The first kappa shape index (κ1) is 21.1. The Balaban J connectivity index is 1.38. The highest BCUT2D eigenvalue weighted by molar-refractivity contribution is 6.30. The second kappa shape index (κ2) is 8.74. The zero-order valence-electron chi connectivity index (χ0n) is 18.8. The topological polar surface area (TPSA) is 64.9 Å². The zero-order chi connectivity index (χ0) is 23.8. The van der Waals surface area contributed by atoms with Gasteiger partial charge in [-0.15, -0.1) is 10.2 Å². The van der Waals surface area contributed by atoms with Gasteiger partial charge in [-0.2, -0.15) is 0 Å². The summed E-state index contributed by atoms with van der Waals surface area (Å²) in [6.45, 7) is 0. The second-order valence-corrected chi connectivity index (χ2v) is 8.50. The number of hydrogen-bond donors (Lipinski definition) is 1. The molecule has 0 saturated carbocycles. The van der Waals surface area contributed by atoms with E-state index in [1.807, 2.05) is 95.8 Å². The highest BCUT2D eigenvalue weighted by Gasteiger charge is 2.13. The molecule has 0 aliphatic carbocycles. The molecule has 0 radical (unpaired) electrons. The summed E-state index contributed by atoms with van der Waals surface area (Å²) in [5.74, 6) is 1.47. The molecule has 0 spiro atoms. The van der Waals surface area contributed by atoms with Crippen molar-refractivity contribution in [2.75, 3.05) is 12.4 Å². The molecule has 4 aromatic carbocycles. The minimum atomic E-state index is 0.682. The molecule has 0 unspecified atom stereocenters. The summed E-state index contributed by atoms with van der Waals surface area (Å²) in [5, 5.41) is 15.2. The van der Waals surface area contributed by atoms with Crippen molar-refractivity contribution in [3.8, 4) is 22.7 Å². The summed E-state index contributed by atoms with van der Waals surface area (Å²) in [7, 11) is 1.67. The van der Waals surface area contributed by atoms with Crippen LogP contribution in [-0.4, -0.2) is 26.9 Å². The monoisotopic (exact) mass is 477 g/mol. The quantitative estimate of drug-likeness (QED) is 0.288. The normalized spacial score (nSPS) is 11.1. The van der Waals surface area contributed by atoms with Gasteiger partial charge in [0.15, 0.2) is 5.82 Å². The van der Waals surface area contributed by atoms with Gasteiger partial charge in [-0.05, 0) is 42.5 Å². The highest BCUT2D eigenvalue weighted by Crippen LogP contribution is 2.33. The van der Waals surface area contributed by atoms with Crippen LogP contribution >= 0.6 is 11.6 Å². The Kier molecular flexibility index (Phi) is 5.28. The molecular formula is C28H20ClN5O. The van der Waals surface area contributed by atoms with E-state index in [4.69, 9.17) is 16.3 Å². The maximum atomic E-state index is 6.07. The van der Waals surface area contributed by atoms with E-state index in [0.717, 1.165) is 50.2 Å². The average molecular weight is 478 g/mol. The van der Waals surface area contributed by atoms with E-state index >= 15 is 0 Å². The third kappa shape index (κ3) is 3.84. The molecule has 6 aromatic rings. The van der Waals surface area contributed by atoms with Crippen molar-refractivity contribution in [2.45, 2.75) is 0 Å². The van der Waals surface area contributed by atoms with Crippen LogP contribution in [0, 0.1) is 0 Å². The standard InChI is InChI=1S/C28H20ClN5O/c1-35-26-9-5-4-8-25(26)34-17-30-23-16-20(14-15-24(23)34)31-28-22-7-3-2-6-21(22)27(32-33-28)18-10-12-19(29)13-11-18/h2-17H,1H3,(H,31,33). The van der Waals surface area contributed by atoms with E-state index in [2.05, 4.69) is 26.6 Å². The summed E-state index contributed by atoms with van der Waals surface area (Å²) in [6, 6.07) is 29.7. The van der Waals surface area contributed by atoms with Crippen molar-refractivity contribution in [1.82, 2.24) is 19.7 Å². The molecule has 0 aliphatic heterocycles. The number of anilines is 2. The van der Waals surface area contributed by atoms with Gasteiger partial charge in [0.25, 0.3) is 0 Å². The van der Waals surface area contributed by atoms with E-state index in [1.54, 1.807) is 7.11 Å². The molecule has 170 valence electrons. The number of nitrogens with one attached hydrogen (secondary N) is 1. The molecule has 2 heterocycles. The molecule has 2 aromatic heterocycles. The van der Waals surface area contributed by atoms with Crippen LogP contribution in [0.1, 0.15) is 0 Å². The van der Waals surface area contributed by atoms with Crippen molar-refractivity contribution in [3.05, 3.63) is 102 Å².